The van der Waals surface area contributed by atoms with Crippen LogP contribution in [-0.4, -0.2) is 55.6 Å². The Balaban J connectivity index is 1.88. The van der Waals surface area contributed by atoms with Gasteiger partial charge in [0.05, 0.1) is 48.0 Å². The molecule has 1 aromatic carbocycles. The lowest BCUT2D eigenvalue weighted by Gasteiger charge is -2.23. The van der Waals surface area contributed by atoms with Crippen molar-refractivity contribution in [3.05, 3.63) is 34.6 Å². The molecule has 164 valence electrons. The van der Waals surface area contributed by atoms with Gasteiger partial charge in [-0.15, -0.1) is 0 Å². The Hall–Kier alpha value is -1.96. The minimum absolute atomic E-state index is 0.0242. The third-order valence-corrected chi connectivity index (χ3v) is 5.54. The first-order valence-corrected chi connectivity index (χ1v) is 10.9. The highest BCUT2D eigenvalue weighted by atomic mass is 35.5. The van der Waals surface area contributed by atoms with Gasteiger partial charge in [0.1, 0.15) is 11.6 Å². The van der Waals surface area contributed by atoms with E-state index in [1.54, 1.807) is 13.2 Å². The average molecular weight is 437 g/mol. The van der Waals surface area contributed by atoms with Crippen LogP contribution < -0.4 is 15.4 Å². The zero-order valence-corrected chi connectivity index (χ0v) is 18.6. The third kappa shape index (κ3) is 5.20. The lowest BCUT2D eigenvalue weighted by molar-refractivity contribution is 0.0562. The number of benzene rings is 1. The average Bonchev–Trinajstić information content (AvgIpc) is 3.20. The molecule has 6 nitrogen and oxygen atoms in total. The molecule has 1 fully saturated rings. The molecule has 0 saturated carbocycles. The molecule has 2 aromatic rings. The molecule has 3 rings (SSSR count). The fourth-order valence-electron chi connectivity index (χ4n) is 3.58. The van der Waals surface area contributed by atoms with Gasteiger partial charge in [0, 0.05) is 25.3 Å². The van der Waals surface area contributed by atoms with Gasteiger partial charge in [0.2, 0.25) is 0 Å². The molecular weight excluding hydrogens is 407 g/mol. The number of hydrogen-bond donors (Lipinski definition) is 2. The van der Waals surface area contributed by atoms with E-state index >= 15 is 0 Å². The normalized spacial score (nSPS) is 18.6. The van der Waals surface area contributed by atoms with Crippen LogP contribution in [0.3, 0.4) is 0 Å². The Morgan fingerprint density at radius 3 is 2.67 bits per heavy atom. The molecule has 1 aliphatic rings. The molecular formula is C22H30ClFN4O2. The summed E-state index contributed by atoms with van der Waals surface area (Å²) < 4.78 is 23.5. The maximum absolute atomic E-state index is 12.4. The summed E-state index contributed by atoms with van der Waals surface area (Å²) in [7, 11) is 1.62. The van der Waals surface area contributed by atoms with Crippen LogP contribution in [-0.2, 0) is 17.6 Å². The first-order chi connectivity index (χ1) is 14.6. The molecule has 1 aliphatic heterocycles. The highest BCUT2D eigenvalue weighted by Gasteiger charge is 2.29. The van der Waals surface area contributed by atoms with Crippen molar-refractivity contribution in [1.82, 2.24) is 15.3 Å². The maximum Gasteiger partial charge on any atom is 0.148 e. The Morgan fingerprint density at radius 2 is 2.00 bits per heavy atom. The van der Waals surface area contributed by atoms with Crippen LogP contribution in [0, 0.1) is 0 Å². The predicted octanol–water partition coefficient (Wildman–Crippen LogP) is 4.06. The molecule has 0 bridgehead atoms. The van der Waals surface area contributed by atoms with Gasteiger partial charge in [0.15, 0.2) is 0 Å². The van der Waals surface area contributed by atoms with Gasteiger partial charge in [-0.25, -0.2) is 9.97 Å². The molecule has 8 heteroatoms. The number of halogens is 2. The number of ether oxygens (including phenoxy) is 2. The smallest absolute Gasteiger partial charge is 0.148 e. The maximum atomic E-state index is 12.4. The summed E-state index contributed by atoms with van der Waals surface area (Å²) in [6, 6.07) is 5.65. The van der Waals surface area contributed by atoms with Crippen molar-refractivity contribution in [2.24, 2.45) is 0 Å². The molecule has 2 atom stereocenters. The second-order valence-electron chi connectivity index (χ2n) is 7.23. The van der Waals surface area contributed by atoms with Crippen molar-refractivity contribution in [1.29, 1.82) is 0 Å². The number of methoxy groups -OCH3 is 1. The third-order valence-electron chi connectivity index (χ3n) is 5.23. The first-order valence-electron chi connectivity index (χ1n) is 10.5. The standard InChI is InChI=1S/C22H30ClFN4O2/c1-4-17-21(15-8-7-14(29-3)11-16(15)23)26-18(5-2)22(27-17)28-19-12-25-13-20(19)30-10-6-9-24/h7-8,11,19-20,25H,4-6,9-10,12-13H2,1-3H3,(H,27,28)/t19-,20+/m1/s1. The first kappa shape index (κ1) is 22.7. The second-order valence-corrected chi connectivity index (χ2v) is 7.64. The number of nitrogens with zero attached hydrogens (tertiary/aromatic N) is 2. The number of rotatable bonds is 10. The van der Waals surface area contributed by atoms with E-state index in [9.17, 15) is 4.39 Å². The zero-order valence-electron chi connectivity index (χ0n) is 17.8. The Morgan fingerprint density at radius 1 is 1.20 bits per heavy atom. The van der Waals surface area contributed by atoms with Crippen molar-refractivity contribution < 1.29 is 13.9 Å². The van der Waals surface area contributed by atoms with E-state index in [-0.39, 0.29) is 18.8 Å². The van der Waals surface area contributed by atoms with Crippen molar-refractivity contribution in [2.75, 3.05) is 38.8 Å². The van der Waals surface area contributed by atoms with E-state index in [4.69, 9.17) is 31.0 Å². The van der Waals surface area contributed by atoms with Crippen LogP contribution in [0.15, 0.2) is 18.2 Å². The Kier molecular flexibility index (Phi) is 8.24. The van der Waals surface area contributed by atoms with Gasteiger partial charge in [-0.1, -0.05) is 25.4 Å². The molecule has 1 aromatic heterocycles. The summed E-state index contributed by atoms with van der Waals surface area (Å²) in [5, 5.41) is 7.43. The van der Waals surface area contributed by atoms with Crippen LogP contribution in [0.5, 0.6) is 5.75 Å². The number of aryl methyl sites for hydroxylation is 2. The van der Waals surface area contributed by atoms with E-state index in [0.717, 1.165) is 54.4 Å². The summed E-state index contributed by atoms with van der Waals surface area (Å²) in [5.74, 6) is 1.48. The summed E-state index contributed by atoms with van der Waals surface area (Å²) in [4.78, 5) is 9.84. The van der Waals surface area contributed by atoms with Gasteiger partial charge in [-0.3, -0.25) is 4.39 Å². The minimum Gasteiger partial charge on any atom is -0.497 e. The van der Waals surface area contributed by atoms with E-state index in [0.29, 0.717) is 23.8 Å². The lowest BCUT2D eigenvalue weighted by Crippen LogP contribution is -2.35. The number of nitrogens with one attached hydrogen (secondary N) is 2. The summed E-state index contributed by atoms with van der Waals surface area (Å²) in [6.07, 6.45) is 1.85. The van der Waals surface area contributed by atoms with E-state index < -0.39 is 0 Å². The summed E-state index contributed by atoms with van der Waals surface area (Å²) >= 11 is 6.51. The molecule has 0 aliphatic carbocycles. The van der Waals surface area contributed by atoms with Crippen LogP contribution in [0.2, 0.25) is 5.02 Å². The SMILES string of the molecule is CCc1nc(-c2ccc(OC)cc2Cl)c(CC)nc1N[C@@H]1CNC[C@@H]1OCCCF. The number of anilines is 1. The van der Waals surface area contributed by atoms with E-state index in [1.165, 1.54) is 0 Å². The Labute approximate surface area is 182 Å². The van der Waals surface area contributed by atoms with Gasteiger partial charge in [-0.2, -0.15) is 0 Å². The largest absolute Gasteiger partial charge is 0.497 e. The molecule has 2 N–H and O–H groups in total. The number of aromatic nitrogens is 2. The van der Waals surface area contributed by atoms with E-state index in [2.05, 4.69) is 24.5 Å². The van der Waals surface area contributed by atoms with Crippen LogP contribution in [0.4, 0.5) is 10.2 Å². The van der Waals surface area contributed by atoms with E-state index in [1.807, 2.05) is 12.1 Å². The van der Waals surface area contributed by atoms with Crippen molar-refractivity contribution in [2.45, 2.75) is 45.3 Å². The van der Waals surface area contributed by atoms with Gasteiger partial charge in [0.25, 0.3) is 0 Å². The molecule has 2 heterocycles. The van der Waals surface area contributed by atoms with Crippen molar-refractivity contribution >= 4 is 17.4 Å². The zero-order chi connectivity index (χ0) is 21.5. The van der Waals surface area contributed by atoms with Crippen LogP contribution in [0.1, 0.15) is 31.7 Å². The van der Waals surface area contributed by atoms with Gasteiger partial charge < -0.3 is 20.1 Å². The topological polar surface area (TPSA) is 68.3 Å². The highest BCUT2D eigenvalue weighted by molar-refractivity contribution is 6.33. The van der Waals surface area contributed by atoms with Crippen LogP contribution in [0.25, 0.3) is 11.3 Å². The molecule has 0 radical (unpaired) electrons. The monoisotopic (exact) mass is 436 g/mol. The van der Waals surface area contributed by atoms with Crippen molar-refractivity contribution in [3.8, 4) is 17.0 Å². The van der Waals surface area contributed by atoms with Crippen LogP contribution >= 0.6 is 11.6 Å². The summed E-state index contributed by atoms with van der Waals surface area (Å²) in [5.41, 5.74) is 3.40. The summed E-state index contributed by atoms with van der Waals surface area (Å²) in [6.45, 7) is 5.67. The molecule has 0 amide bonds. The highest BCUT2D eigenvalue weighted by Crippen LogP contribution is 2.33. The molecule has 30 heavy (non-hydrogen) atoms. The second kappa shape index (κ2) is 10.9. The van der Waals surface area contributed by atoms with Gasteiger partial charge in [-0.05, 0) is 37.5 Å². The Bertz CT molecular complexity index is 852. The fraction of sp³-hybridized carbons (Fsp3) is 0.545. The number of alkyl halides is 1. The molecule has 1 saturated heterocycles. The van der Waals surface area contributed by atoms with Crippen molar-refractivity contribution in [3.63, 3.8) is 0 Å². The predicted molar refractivity (Wildman–Crippen MR) is 118 cm³/mol. The molecule has 0 unspecified atom stereocenters. The quantitative estimate of drug-likeness (QED) is 0.547. The number of hydrogen-bond acceptors (Lipinski definition) is 6. The van der Waals surface area contributed by atoms with Gasteiger partial charge >= 0.3 is 0 Å². The molecule has 0 spiro atoms. The minimum atomic E-state index is -0.362. The fourth-order valence-corrected chi connectivity index (χ4v) is 3.84. The lowest BCUT2D eigenvalue weighted by atomic mass is 10.1.